The third-order valence-electron chi connectivity index (χ3n) is 4.42. The van der Waals surface area contributed by atoms with Gasteiger partial charge in [-0.05, 0) is 42.9 Å². The first-order valence-corrected chi connectivity index (χ1v) is 8.31. The molecule has 1 saturated heterocycles. The summed E-state index contributed by atoms with van der Waals surface area (Å²) >= 11 is 1.43. The zero-order valence-electron chi connectivity index (χ0n) is 12.5. The smallest absolute Gasteiger partial charge is 0.253 e. The predicted octanol–water partition coefficient (Wildman–Crippen LogP) is 3.39. The number of amides is 1. The number of aromatic nitrogens is 1. The van der Waals surface area contributed by atoms with E-state index >= 15 is 0 Å². The summed E-state index contributed by atoms with van der Waals surface area (Å²) in [5.74, 6) is 1.59. The first-order valence-electron chi connectivity index (χ1n) is 7.50. The van der Waals surface area contributed by atoms with Crippen LogP contribution >= 0.6 is 11.3 Å². The van der Waals surface area contributed by atoms with Crippen LogP contribution in [-0.2, 0) is 0 Å². The van der Waals surface area contributed by atoms with Crippen molar-refractivity contribution in [3.63, 3.8) is 0 Å². The van der Waals surface area contributed by atoms with Gasteiger partial charge < -0.3 is 10.6 Å². The minimum atomic E-state index is 0.131. The Kier molecular flexibility index (Phi) is 3.85. The van der Waals surface area contributed by atoms with E-state index in [4.69, 9.17) is 5.73 Å². The van der Waals surface area contributed by atoms with Crippen LogP contribution in [0.1, 0.15) is 37.0 Å². The molecule has 2 N–H and O–H groups in total. The lowest BCUT2D eigenvalue weighted by molar-refractivity contribution is 0.0668. The maximum atomic E-state index is 12.6. The van der Waals surface area contributed by atoms with Crippen molar-refractivity contribution in [1.82, 2.24) is 9.88 Å². The van der Waals surface area contributed by atoms with Crippen LogP contribution < -0.4 is 5.73 Å². The van der Waals surface area contributed by atoms with Crippen molar-refractivity contribution in [2.75, 3.05) is 18.8 Å². The van der Waals surface area contributed by atoms with Gasteiger partial charge in [0.05, 0.1) is 10.2 Å². The van der Waals surface area contributed by atoms with Gasteiger partial charge in [-0.2, -0.15) is 0 Å². The zero-order valence-corrected chi connectivity index (χ0v) is 13.3. The molecule has 1 aromatic heterocycles. The minimum absolute atomic E-state index is 0.131. The van der Waals surface area contributed by atoms with E-state index in [9.17, 15) is 4.79 Å². The highest BCUT2D eigenvalue weighted by Crippen LogP contribution is 2.27. The maximum absolute atomic E-state index is 12.6. The van der Waals surface area contributed by atoms with Crippen molar-refractivity contribution in [2.24, 2.45) is 11.8 Å². The Morgan fingerprint density at radius 1 is 1.38 bits per heavy atom. The molecule has 1 fully saturated rings. The van der Waals surface area contributed by atoms with Gasteiger partial charge in [0.15, 0.2) is 5.13 Å². The van der Waals surface area contributed by atoms with Crippen molar-refractivity contribution in [3.05, 3.63) is 23.8 Å². The number of rotatable bonds is 2. The number of nitrogens with zero attached hydrogens (tertiary/aromatic N) is 2. The standard InChI is InChI=1S/C16H21N3OS/c1-10(2)11-5-7-19(8-6-11)15(20)12-3-4-13-14(9-12)21-16(17)18-13/h3-4,9-11H,5-8H2,1-2H3,(H2,17,18). The summed E-state index contributed by atoms with van der Waals surface area (Å²) in [5, 5.41) is 0.548. The lowest BCUT2D eigenvalue weighted by Crippen LogP contribution is -2.39. The Morgan fingerprint density at radius 3 is 2.76 bits per heavy atom. The van der Waals surface area contributed by atoms with E-state index in [1.807, 2.05) is 23.1 Å². The van der Waals surface area contributed by atoms with Gasteiger partial charge in [0.25, 0.3) is 5.91 Å². The summed E-state index contributed by atoms with van der Waals surface area (Å²) in [6.07, 6.45) is 2.22. The first kappa shape index (κ1) is 14.3. The van der Waals surface area contributed by atoms with E-state index in [2.05, 4.69) is 18.8 Å². The van der Waals surface area contributed by atoms with Crippen LogP contribution in [0.4, 0.5) is 5.13 Å². The molecular formula is C16H21N3OS. The van der Waals surface area contributed by atoms with Gasteiger partial charge in [0.1, 0.15) is 0 Å². The first-order chi connectivity index (χ1) is 10.0. The number of benzene rings is 1. The van der Waals surface area contributed by atoms with Crippen molar-refractivity contribution in [2.45, 2.75) is 26.7 Å². The normalized spacial score (nSPS) is 16.8. The molecule has 5 heteroatoms. The number of thiazole rings is 1. The van der Waals surface area contributed by atoms with E-state index < -0.39 is 0 Å². The maximum Gasteiger partial charge on any atom is 0.253 e. The second-order valence-electron chi connectivity index (χ2n) is 6.11. The molecule has 1 aliphatic heterocycles. The molecule has 3 rings (SSSR count). The molecule has 0 atom stereocenters. The number of carbonyl (C=O) groups is 1. The number of likely N-dealkylation sites (tertiary alicyclic amines) is 1. The summed E-state index contributed by atoms with van der Waals surface area (Å²) in [6.45, 7) is 6.27. The van der Waals surface area contributed by atoms with Crippen LogP contribution in [0.2, 0.25) is 0 Å². The van der Waals surface area contributed by atoms with Crippen LogP contribution in [0.3, 0.4) is 0 Å². The summed E-state index contributed by atoms with van der Waals surface area (Å²) < 4.78 is 0.982. The van der Waals surface area contributed by atoms with Crippen LogP contribution in [0.25, 0.3) is 10.2 Å². The molecule has 2 heterocycles. The Balaban J connectivity index is 1.75. The highest BCUT2D eigenvalue weighted by atomic mass is 32.1. The average molecular weight is 303 g/mol. The SMILES string of the molecule is CC(C)C1CCN(C(=O)c2ccc3nc(N)sc3c2)CC1. The summed E-state index contributed by atoms with van der Waals surface area (Å²) in [5.41, 5.74) is 7.33. The molecule has 1 amide bonds. The molecule has 0 bridgehead atoms. The number of anilines is 1. The Labute approximate surface area is 129 Å². The second-order valence-corrected chi connectivity index (χ2v) is 7.17. The minimum Gasteiger partial charge on any atom is -0.375 e. The fourth-order valence-corrected chi connectivity index (χ4v) is 3.80. The molecular weight excluding hydrogens is 282 g/mol. The van der Waals surface area contributed by atoms with Gasteiger partial charge in [0.2, 0.25) is 0 Å². The Hall–Kier alpha value is -1.62. The number of hydrogen-bond donors (Lipinski definition) is 1. The second kappa shape index (κ2) is 5.64. The largest absolute Gasteiger partial charge is 0.375 e. The molecule has 0 radical (unpaired) electrons. The van der Waals surface area contributed by atoms with Crippen LogP contribution in [-0.4, -0.2) is 28.9 Å². The van der Waals surface area contributed by atoms with Crippen molar-refractivity contribution in [1.29, 1.82) is 0 Å². The lowest BCUT2D eigenvalue weighted by atomic mass is 9.86. The molecule has 0 aliphatic carbocycles. The molecule has 1 aliphatic rings. The molecule has 0 saturated carbocycles. The monoisotopic (exact) mass is 303 g/mol. The van der Waals surface area contributed by atoms with Crippen LogP contribution in [0, 0.1) is 11.8 Å². The fourth-order valence-electron chi connectivity index (χ4n) is 3.03. The van der Waals surface area contributed by atoms with Crippen LogP contribution in [0.5, 0.6) is 0 Å². The Morgan fingerprint density at radius 2 is 2.10 bits per heavy atom. The summed E-state index contributed by atoms with van der Waals surface area (Å²) in [6, 6.07) is 5.66. The quantitative estimate of drug-likeness (QED) is 0.925. The third-order valence-corrected chi connectivity index (χ3v) is 5.27. The number of hydrogen-bond acceptors (Lipinski definition) is 4. The van der Waals surface area contributed by atoms with Crippen molar-refractivity contribution >= 4 is 32.6 Å². The highest BCUT2D eigenvalue weighted by molar-refractivity contribution is 7.22. The zero-order chi connectivity index (χ0) is 15.0. The van der Waals surface area contributed by atoms with E-state index in [1.165, 1.54) is 11.3 Å². The molecule has 1 aromatic carbocycles. The van der Waals surface area contributed by atoms with Gasteiger partial charge in [-0.1, -0.05) is 25.2 Å². The molecule has 0 unspecified atom stereocenters. The molecule has 112 valence electrons. The van der Waals surface area contributed by atoms with Gasteiger partial charge in [0, 0.05) is 18.7 Å². The van der Waals surface area contributed by atoms with E-state index in [-0.39, 0.29) is 5.91 Å². The highest BCUT2D eigenvalue weighted by Gasteiger charge is 2.25. The topological polar surface area (TPSA) is 59.2 Å². The number of nitrogen functional groups attached to an aromatic ring is 1. The fraction of sp³-hybridized carbons (Fsp3) is 0.500. The van der Waals surface area contributed by atoms with Crippen molar-refractivity contribution < 1.29 is 4.79 Å². The molecule has 21 heavy (non-hydrogen) atoms. The van der Waals surface area contributed by atoms with E-state index in [0.717, 1.165) is 47.6 Å². The van der Waals surface area contributed by atoms with Gasteiger partial charge >= 0.3 is 0 Å². The predicted molar refractivity (Wildman–Crippen MR) is 87.5 cm³/mol. The lowest BCUT2D eigenvalue weighted by Gasteiger charge is -2.33. The van der Waals surface area contributed by atoms with Gasteiger partial charge in [-0.3, -0.25) is 4.79 Å². The Bertz CT molecular complexity index is 657. The van der Waals surface area contributed by atoms with Gasteiger partial charge in [-0.25, -0.2) is 4.98 Å². The van der Waals surface area contributed by atoms with Gasteiger partial charge in [-0.15, -0.1) is 0 Å². The van der Waals surface area contributed by atoms with E-state index in [0.29, 0.717) is 11.0 Å². The van der Waals surface area contributed by atoms with Crippen molar-refractivity contribution in [3.8, 4) is 0 Å². The summed E-state index contributed by atoms with van der Waals surface area (Å²) in [4.78, 5) is 18.8. The number of fused-ring (bicyclic) bond motifs is 1. The van der Waals surface area contributed by atoms with E-state index in [1.54, 1.807) is 0 Å². The molecule has 0 spiro atoms. The number of carbonyl (C=O) groups excluding carboxylic acids is 1. The summed E-state index contributed by atoms with van der Waals surface area (Å²) in [7, 11) is 0. The van der Waals surface area contributed by atoms with Crippen LogP contribution in [0.15, 0.2) is 18.2 Å². The average Bonchev–Trinajstić information content (AvgIpc) is 2.85. The number of piperidine rings is 1. The number of nitrogens with two attached hydrogens (primary N) is 1. The molecule has 4 nitrogen and oxygen atoms in total. The third kappa shape index (κ3) is 2.88. The molecule has 2 aromatic rings.